The number of halogens is 1. The van der Waals surface area contributed by atoms with Crippen LogP contribution in [0.2, 0.25) is 5.02 Å². The van der Waals surface area contributed by atoms with Crippen LogP contribution in [-0.4, -0.2) is 12.6 Å². The van der Waals surface area contributed by atoms with Crippen LogP contribution in [0.5, 0.6) is 0 Å². The Balaban J connectivity index is 1.86. The number of hydrogen-bond donors (Lipinski definition) is 2. The zero-order valence-corrected chi connectivity index (χ0v) is 13.7. The van der Waals surface area contributed by atoms with Crippen molar-refractivity contribution in [3.8, 4) is 0 Å². The van der Waals surface area contributed by atoms with Gasteiger partial charge < -0.3 is 10.6 Å². The molecular weight excluding hydrogens is 296 g/mol. The fourth-order valence-corrected chi connectivity index (χ4v) is 2.51. The molecule has 2 rings (SSSR count). The number of carbonyl (C=O) groups is 1. The lowest BCUT2D eigenvalue weighted by Crippen LogP contribution is -2.30. The Kier molecular flexibility index (Phi) is 5.84. The fourth-order valence-electron chi connectivity index (χ4n) is 2.29. The average Bonchev–Trinajstić information content (AvgIpc) is 2.47. The standard InChI is InChI=1S/C18H21ClN2O/c1-13(2)16-8-3-4-9-17(16)21-18(22)20-11-10-14-6-5-7-15(19)12-14/h3-9,12-13H,10-11H2,1-2H3,(H2,20,21,22). The van der Waals surface area contributed by atoms with Crippen molar-refractivity contribution in [2.24, 2.45) is 0 Å². The predicted molar refractivity (Wildman–Crippen MR) is 92.7 cm³/mol. The number of benzene rings is 2. The average molecular weight is 317 g/mol. The third-order valence-electron chi connectivity index (χ3n) is 3.42. The second-order valence-electron chi connectivity index (χ2n) is 5.50. The summed E-state index contributed by atoms with van der Waals surface area (Å²) in [5.41, 5.74) is 3.10. The number of para-hydroxylation sites is 1. The molecule has 2 aromatic rings. The summed E-state index contributed by atoms with van der Waals surface area (Å²) in [7, 11) is 0. The number of anilines is 1. The molecule has 0 aliphatic rings. The van der Waals surface area contributed by atoms with Gasteiger partial charge in [-0.25, -0.2) is 4.79 Å². The predicted octanol–water partition coefficient (Wildman–Crippen LogP) is 4.83. The van der Waals surface area contributed by atoms with Gasteiger partial charge in [-0.3, -0.25) is 0 Å². The van der Waals surface area contributed by atoms with Crippen LogP contribution in [0.15, 0.2) is 48.5 Å². The summed E-state index contributed by atoms with van der Waals surface area (Å²) in [4.78, 5) is 12.0. The monoisotopic (exact) mass is 316 g/mol. The smallest absolute Gasteiger partial charge is 0.319 e. The largest absolute Gasteiger partial charge is 0.338 e. The van der Waals surface area contributed by atoms with E-state index < -0.39 is 0 Å². The van der Waals surface area contributed by atoms with E-state index in [4.69, 9.17) is 11.6 Å². The molecule has 0 unspecified atom stereocenters. The zero-order valence-electron chi connectivity index (χ0n) is 12.9. The van der Waals surface area contributed by atoms with Gasteiger partial charge in [-0.15, -0.1) is 0 Å². The molecule has 22 heavy (non-hydrogen) atoms. The van der Waals surface area contributed by atoms with E-state index in [1.807, 2.05) is 48.5 Å². The minimum Gasteiger partial charge on any atom is -0.338 e. The second-order valence-corrected chi connectivity index (χ2v) is 5.94. The third-order valence-corrected chi connectivity index (χ3v) is 3.65. The van der Waals surface area contributed by atoms with Gasteiger partial charge in [0.05, 0.1) is 0 Å². The molecule has 0 bridgehead atoms. The fraction of sp³-hybridized carbons (Fsp3) is 0.278. The lowest BCUT2D eigenvalue weighted by atomic mass is 10.0. The number of hydrogen-bond acceptors (Lipinski definition) is 1. The summed E-state index contributed by atoms with van der Waals surface area (Å²) >= 11 is 5.94. The van der Waals surface area contributed by atoms with E-state index in [0.717, 1.165) is 23.2 Å². The van der Waals surface area contributed by atoms with Crippen LogP contribution < -0.4 is 10.6 Å². The lowest BCUT2D eigenvalue weighted by Gasteiger charge is -2.14. The zero-order chi connectivity index (χ0) is 15.9. The molecule has 0 spiro atoms. The highest BCUT2D eigenvalue weighted by atomic mass is 35.5. The van der Waals surface area contributed by atoms with Crippen LogP contribution in [0, 0.1) is 0 Å². The Morgan fingerprint density at radius 1 is 1.14 bits per heavy atom. The Morgan fingerprint density at radius 2 is 1.91 bits per heavy atom. The molecule has 0 atom stereocenters. The van der Waals surface area contributed by atoms with Crippen molar-refractivity contribution in [3.63, 3.8) is 0 Å². The topological polar surface area (TPSA) is 41.1 Å². The van der Waals surface area contributed by atoms with Crippen molar-refractivity contribution in [2.75, 3.05) is 11.9 Å². The molecule has 0 radical (unpaired) electrons. The van der Waals surface area contributed by atoms with Gasteiger partial charge >= 0.3 is 6.03 Å². The van der Waals surface area contributed by atoms with Crippen molar-refractivity contribution in [2.45, 2.75) is 26.2 Å². The van der Waals surface area contributed by atoms with Crippen LogP contribution in [0.3, 0.4) is 0 Å². The van der Waals surface area contributed by atoms with Crippen molar-refractivity contribution in [3.05, 3.63) is 64.7 Å². The first-order valence-corrected chi connectivity index (χ1v) is 7.82. The molecule has 3 nitrogen and oxygen atoms in total. The minimum atomic E-state index is -0.185. The van der Waals surface area contributed by atoms with Gasteiger partial charge in [-0.05, 0) is 41.7 Å². The molecule has 2 aromatic carbocycles. The first-order valence-electron chi connectivity index (χ1n) is 7.44. The summed E-state index contributed by atoms with van der Waals surface area (Å²) in [6.07, 6.45) is 0.750. The number of rotatable bonds is 5. The maximum atomic E-state index is 12.0. The van der Waals surface area contributed by atoms with E-state index in [1.165, 1.54) is 0 Å². The molecule has 116 valence electrons. The van der Waals surface area contributed by atoms with E-state index in [1.54, 1.807) is 0 Å². The van der Waals surface area contributed by atoms with Crippen molar-refractivity contribution in [1.29, 1.82) is 0 Å². The lowest BCUT2D eigenvalue weighted by molar-refractivity contribution is 0.252. The second kappa shape index (κ2) is 7.85. The highest BCUT2D eigenvalue weighted by Crippen LogP contribution is 2.23. The SMILES string of the molecule is CC(C)c1ccccc1NC(=O)NCCc1cccc(Cl)c1. The first-order chi connectivity index (χ1) is 10.6. The summed E-state index contributed by atoms with van der Waals surface area (Å²) in [6, 6.07) is 15.3. The van der Waals surface area contributed by atoms with Gasteiger partial charge in [0.15, 0.2) is 0 Å². The van der Waals surface area contributed by atoms with Crippen LogP contribution in [0.4, 0.5) is 10.5 Å². The first kappa shape index (κ1) is 16.4. The maximum Gasteiger partial charge on any atom is 0.319 e. The normalized spacial score (nSPS) is 10.5. The van der Waals surface area contributed by atoms with E-state index >= 15 is 0 Å². The Labute approximate surface area is 136 Å². The summed E-state index contributed by atoms with van der Waals surface area (Å²) < 4.78 is 0. The molecule has 0 saturated carbocycles. The van der Waals surface area contributed by atoms with Crippen LogP contribution in [0.1, 0.15) is 30.9 Å². The minimum absolute atomic E-state index is 0.185. The molecule has 0 aliphatic carbocycles. The molecule has 0 saturated heterocycles. The van der Waals surface area contributed by atoms with Gasteiger partial charge in [0.25, 0.3) is 0 Å². The van der Waals surface area contributed by atoms with Gasteiger partial charge in [0, 0.05) is 17.3 Å². The molecule has 2 N–H and O–H groups in total. The Morgan fingerprint density at radius 3 is 2.64 bits per heavy atom. The number of amides is 2. The van der Waals surface area contributed by atoms with E-state index in [9.17, 15) is 4.79 Å². The Bertz CT molecular complexity index is 640. The summed E-state index contributed by atoms with van der Waals surface area (Å²) in [6.45, 7) is 4.78. The quantitative estimate of drug-likeness (QED) is 0.815. The van der Waals surface area contributed by atoms with Gasteiger partial charge in [-0.1, -0.05) is 55.8 Å². The Hall–Kier alpha value is -2.00. The summed E-state index contributed by atoms with van der Waals surface area (Å²) in [5, 5.41) is 6.50. The number of urea groups is 1. The van der Waals surface area contributed by atoms with Crippen molar-refractivity contribution in [1.82, 2.24) is 5.32 Å². The number of carbonyl (C=O) groups excluding carboxylic acids is 1. The molecule has 0 aliphatic heterocycles. The van der Waals surface area contributed by atoms with Crippen LogP contribution in [0.25, 0.3) is 0 Å². The molecule has 0 heterocycles. The van der Waals surface area contributed by atoms with Gasteiger partial charge in [0.2, 0.25) is 0 Å². The van der Waals surface area contributed by atoms with Gasteiger partial charge in [-0.2, -0.15) is 0 Å². The van der Waals surface area contributed by atoms with Crippen LogP contribution >= 0.6 is 11.6 Å². The third kappa shape index (κ3) is 4.78. The number of nitrogens with one attached hydrogen (secondary N) is 2. The van der Waals surface area contributed by atoms with Crippen LogP contribution in [-0.2, 0) is 6.42 Å². The van der Waals surface area contributed by atoms with Gasteiger partial charge in [0.1, 0.15) is 0 Å². The molecule has 0 aromatic heterocycles. The van der Waals surface area contributed by atoms with Crippen molar-refractivity contribution >= 4 is 23.3 Å². The maximum absolute atomic E-state index is 12.0. The highest BCUT2D eigenvalue weighted by Gasteiger charge is 2.08. The van der Waals surface area contributed by atoms with E-state index in [0.29, 0.717) is 17.5 Å². The molecule has 2 amide bonds. The van der Waals surface area contributed by atoms with Crippen molar-refractivity contribution < 1.29 is 4.79 Å². The van der Waals surface area contributed by atoms with E-state index in [2.05, 4.69) is 24.5 Å². The molecule has 4 heteroatoms. The highest BCUT2D eigenvalue weighted by molar-refractivity contribution is 6.30. The molecule has 0 fully saturated rings. The molecular formula is C18H21ClN2O. The van der Waals surface area contributed by atoms with E-state index in [-0.39, 0.29) is 6.03 Å². The summed E-state index contributed by atoms with van der Waals surface area (Å²) in [5.74, 6) is 0.364.